The van der Waals surface area contributed by atoms with E-state index in [1.165, 1.54) is 29.2 Å². The van der Waals surface area contributed by atoms with Gasteiger partial charge in [-0.3, -0.25) is 9.59 Å². The van der Waals surface area contributed by atoms with Gasteiger partial charge in [0.2, 0.25) is 0 Å². The molecule has 0 radical (unpaired) electrons. The fraction of sp³-hybridized carbons (Fsp3) is 0.306. The van der Waals surface area contributed by atoms with Gasteiger partial charge in [-0.2, -0.15) is 0 Å². The second kappa shape index (κ2) is 17.0. The van der Waals surface area contributed by atoms with Crippen molar-refractivity contribution in [1.82, 2.24) is 9.47 Å². The Balaban J connectivity index is 0.00000625. The van der Waals surface area contributed by atoms with Crippen LogP contribution in [0.5, 0.6) is 0 Å². The van der Waals surface area contributed by atoms with Gasteiger partial charge >= 0.3 is 29.6 Å². The largest absolute Gasteiger partial charge is 1.00 e. The molecule has 248 valence electrons. The Morgan fingerprint density at radius 1 is 0.875 bits per heavy atom. The van der Waals surface area contributed by atoms with E-state index in [9.17, 15) is 38.5 Å². The van der Waals surface area contributed by atoms with E-state index in [1.54, 1.807) is 62.6 Å². The molecule has 1 aromatic heterocycles. The molecule has 3 N–H and O–H groups in total. The van der Waals surface area contributed by atoms with Crippen LogP contribution in [0.25, 0.3) is 22.3 Å². The summed E-state index contributed by atoms with van der Waals surface area (Å²) in [6.45, 7) is 3.75. The molecule has 0 aliphatic heterocycles. The van der Waals surface area contributed by atoms with Crippen molar-refractivity contribution in [3.8, 4) is 22.3 Å². The van der Waals surface area contributed by atoms with Crippen LogP contribution in [-0.2, 0) is 11.2 Å². The number of aliphatic hydroxyl groups is 2. The van der Waals surface area contributed by atoms with Gasteiger partial charge in [-0.05, 0) is 86.7 Å². The summed E-state index contributed by atoms with van der Waals surface area (Å²) in [6.07, 6.45) is -2.96. The number of nitrogens with one attached hydrogen (secondary N) is 1. The molecule has 0 saturated carbocycles. The van der Waals surface area contributed by atoms with Crippen LogP contribution in [0, 0.1) is 11.6 Å². The van der Waals surface area contributed by atoms with Crippen LogP contribution < -0.4 is 40.0 Å². The van der Waals surface area contributed by atoms with Gasteiger partial charge in [-0.25, -0.2) is 8.78 Å². The van der Waals surface area contributed by atoms with Gasteiger partial charge in [0.15, 0.2) is 0 Å². The summed E-state index contributed by atoms with van der Waals surface area (Å²) in [7, 11) is 3.25. The number of aliphatic hydroxyl groups excluding tert-OH is 2. The molecule has 4 aromatic rings. The van der Waals surface area contributed by atoms with E-state index >= 15 is 0 Å². The minimum atomic E-state index is -1.44. The molecule has 0 unspecified atom stereocenters. The number of halogens is 2. The molecule has 12 heteroatoms. The molecule has 0 bridgehead atoms. The van der Waals surface area contributed by atoms with Crippen LogP contribution in [-0.4, -0.2) is 63.8 Å². The van der Waals surface area contributed by atoms with E-state index in [-0.39, 0.29) is 66.5 Å². The van der Waals surface area contributed by atoms with Gasteiger partial charge in [0, 0.05) is 60.6 Å². The smallest absolute Gasteiger partial charge is 0.550 e. The number of aliphatic carboxylic acids is 1. The maximum atomic E-state index is 14.3. The maximum absolute atomic E-state index is 14.3. The molecule has 3 aromatic carbocycles. The van der Waals surface area contributed by atoms with Crippen LogP contribution in [0.2, 0.25) is 0 Å². The number of benzene rings is 3. The molecule has 9 nitrogen and oxygen atoms in total. The first-order valence-electron chi connectivity index (χ1n) is 15.2. The third-order valence-corrected chi connectivity index (χ3v) is 7.74. The van der Waals surface area contributed by atoms with Gasteiger partial charge in [-0.15, -0.1) is 0 Å². The molecule has 48 heavy (non-hydrogen) atoms. The molecule has 0 saturated heterocycles. The molecule has 2 atom stereocenters. The molecular formula is C36H38F2N3NaO6. The minimum Gasteiger partial charge on any atom is -0.550 e. The third kappa shape index (κ3) is 9.39. The van der Waals surface area contributed by atoms with Gasteiger partial charge in [0.05, 0.1) is 12.2 Å². The van der Waals surface area contributed by atoms with Crippen molar-refractivity contribution in [1.29, 1.82) is 0 Å². The number of anilines is 1. The number of carbonyl (C=O) groups excluding carboxylic acids is 3. The first-order valence-corrected chi connectivity index (χ1v) is 15.2. The molecule has 0 aliphatic rings. The van der Waals surface area contributed by atoms with Crippen molar-refractivity contribution in [2.45, 2.75) is 57.8 Å². The molecule has 0 fully saturated rings. The fourth-order valence-corrected chi connectivity index (χ4v) is 5.69. The third-order valence-electron chi connectivity index (χ3n) is 7.74. The van der Waals surface area contributed by atoms with Gasteiger partial charge in [0.25, 0.3) is 11.8 Å². The number of carboxylic acids is 1. The van der Waals surface area contributed by atoms with Crippen molar-refractivity contribution in [2.24, 2.45) is 0 Å². The zero-order valence-corrected chi connectivity index (χ0v) is 29.7. The van der Waals surface area contributed by atoms with Crippen LogP contribution >= 0.6 is 0 Å². The molecule has 1 heterocycles. The Hall–Kier alpha value is -3.87. The van der Waals surface area contributed by atoms with Crippen molar-refractivity contribution in [3.63, 3.8) is 0 Å². The van der Waals surface area contributed by atoms with E-state index in [0.29, 0.717) is 39.2 Å². The number of carboxylic acid groups (broad SMARTS) is 1. The van der Waals surface area contributed by atoms with E-state index < -0.39 is 42.1 Å². The summed E-state index contributed by atoms with van der Waals surface area (Å²) in [5, 5.41) is 34.7. The summed E-state index contributed by atoms with van der Waals surface area (Å²) in [5.41, 5.74) is 3.66. The minimum absolute atomic E-state index is 0. The van der Waals surface area contributed by atoms with Crippen LogP contribution in [0.1, 0.15) is 65.7 Å². The average molecular weight is 670 g/mol. The number of hydrogen-bond acceptors (Lipinski definition) is 6. The van der Waals surface area contributed by atoms with Crippen molar-refractivity contribution in [2.75, 3.05) is 19.4 Å². The second-order valence-electron chi connectivity index (χ2n) is 11.9. The predicted octanol–water partition coefficient (Wildman–Crippen LogP) is 1.82. The normalized spacial score (nSPS) is 12.3. The average Bonchev–Trinajstić information content (AvgIpc) is 3.35. The second-order valence-corrected chi connectivity index (χ2v) is 11.9. The fourth-order valence-electron chi connectivity index (χ4n) is 5.69. The Morgan fingerprint density at radius 3 is 1.96 bits per heavy atom. The Kier molecular flexibility index (Phi) is 13.7. The van der Waals surface area contributed by atoms with E-state index in [1.807, 2.05) is 18.4 Å². The molecule has 0 aliphatic carbocycles. The van der Waals surface area contributed by atoms with Crippen LogP contribution in [0.15, 0.2) is 72.8 Å². The van der Waals surface area contributed by atoms with E-state index in [4.69, 9.17) is 0 Å². The summed E-state index contributed by atoms with van der Waals surface area (Å²) in [4.78, 5) is 39.3. The van der Waals surface area contributed by atoms with Crippen LogP contribution in [0.3, 0.4) is 0 Å². The van der Waals surface area contributed by atoms with E-state index in [0.717, 1.165) is 0 Å². The summed E-state index contributed by atoms with van der Waals surface area (Å²) >= 11 is 0. The van der Waals surface area contributed by atoms with Gasteiger partial charge in [0.1, 0.15) is 17.3 Å². The zero-order valence-electron chi connectivity index (χ0n) is 27.7. The number of carbonyl (C=O) groups is 3. The Labute approximate surface area is 300 Å². The topological polar surface area (TPSA) is 135 Å². The van der Waals surface area contributed by atoms with Gasteiger partial charge < -0.3 is 34.9 Å². The number of rotatable bonds is 13. The molecular weight excluding hydrogens is 631 g/mol. The number of aromatic nitrogens is 1. The van der Waals surface area contributed by atoms with Gasteiger partial charge in [-0.1, -0.05) is 30.3 Å². The van der Waals surface area contributed by atoms with Crippen LogP contribution in [0.4, 0.5) is 14.5 Å². The monoisotopic (exact) mass is 669 g/mol. The van der Waals surface area contributed by atoms with E-state index in [2.05, 4.69) is 5.32 Å². The van der Waals surface area contributed by atoms with Crippen molar-refractivity contribution >= 4 is 23.5 Å². The van der Waals surface area contributed by atoms with Crippen molar-refractivity contribution in [3.05, 3.63) is 101 Å². The molecule has 4 rings (SSSR count). The summed E-state index contributed by atoms with van der Waals surface area (Å²) in [5.74, 6) is -3.15. The Morgan fingerprint density at radius 2 is 1.44 bits per heavy atom. The van der Waals surface area contributed by atoms with Crippen molar-refractivity contribution < 1.29 is 68.0 Å². The standard InChI is InChI=1S/C36H39F2N3O6.Na/c1-21(2)41-30(17-16-28(42)19-29(43)20-31(44)45)32(22-8-12-25(37)13-9-22)33(23-10-14-26(38)15-11-23)34(41)35(46)39-27-7-5-6-24(18-27)36(47)40(3)4;/h5-15,18,21,28-29,42-43H,16-17,19-20H2,1-4H3,(H,39,46)(H,44,45);/q;+1/p-1/t28-,29-;/m1./s1. The zero-order chi connectivity index (χ0) is 34.4. The summed E-state index contributed by atoms with van der Waals surface area (Å²) in [6, 6.07) is 17.6. The summed E-state index contributed by atoms with van der Waals surface area (Å²) < 4.78 is 30.1. The number of hydrogen-bond donors (Lipinski definition) is 3. The molecule has 0 spiro atoms. The number of nitrogens with zero attached hydrogens (tertiary/aromatic N) is 2. The maximum Gasteiger partial charge on any atom is 1.00 e. The predicted molar refractivity (Wildman–Crippen MR) is 173 cm³/mol. The Bertz CT molecular complexity index is 1740. The molecule has 2 amide bonds. The quantitative estimate of drug-likeness (QED) is 0.186. The SMILES string of the molecule is CC(C)n1c(CC[C@@H](O)C[C@@H](O)CC(=O)[O-])c(-c2ccc(F)cc2)c(-c2ccc(F)cc2)c1C(=O)Nc1cccc(C(=O)N(C)C)c1.[Na+]. The number of amides is 2. The first-order chi connectivity index (χ1) is 22.3. The first kappa shape index (κ1) is 38.6.